The number of benzene rings is 2. The van der Waals surface area contributed by atoms with Crippen LogP contribution in [0.4, 0.5) is 0 Å². The first-order valence-corrected chi connectivity index (χ1v) is 10.5. The first kappa shape index (κ1) is 19.8. The van der Waals surface area contributed by atoms with Gasteiger partial charge in [-0.1, -0.05) is 49.1 Å². The second-order valence-corrected chi connectivity index (χ2v) is 7.57. The molecule has 0 saturated heterocycles. The van der Waals surface area contributed by atoms with Crippen LogP contribution in [0.2, 0.25) is 0 Å². The number of para-hydroxylation sites is 1. The summed E-state index contributed by atoms with van der Waals surface area (Å²) < 4.78 is 13.2. The molecule has 4 rings (SSSR count). The molecule has 2 aromatic heterocycles. The highest BCUT2D eigenvalue weighted by Crippen LogP contribution is 2.21. The van der Waals surface area contributed by atoms with Crippen molar-refractivity contribution in [2.75, 3.05) is 13.2 Å². The number of fused-ring (bicyclic) bond motifs is 1. The highest BCUT2D eigenvalue weighted by molar-refractivity contribution is 7.15. The van der Waals surface area contributed by atoms with Gasteiger partial charge in [0, 0.05) is 11.1 Å². The second kappa shape index (κ2) is 8.92. The number of hydrogen-bond acceptors (Lipinski definition) is 6. The van der Waals surface area contributed by atoms with E-state index in [1.54, 1.807) is 12.2 Å². The fraction of sp³-hybridized carbons (Fsp3) is 0.174. The van der Waals surface area contributed by atoms with Gasteiger partial charge in [0.2, 0.25) is 4.96 Å². The van der Waals surface area contributed by atoms with Gasteiger partial charge in [-0.05, 0) is 42.8 Å². The van der Waals surface area contributed by atoms with Crippen molar-refractivity contribution in [3.8, 4) is 22.9 Å². The van der Waals surface area contributed by atoms with Crippen LogP contribution in [-0.2, 0) is 0 Å². The Morgan fingerprint density at radius 1 is 1.13 bits per heavy atom. The van der Waals surface area contributed by atoms with Crippen molar-refractivity contribution < 1.29 is 9.47 Å². The molecule has 0 unspecified atom stereocenters. The first-order valence-electron chi connectivity index (χ1n) is 9.67. The minimum Gasteiger partial charge on any atom is -0.494 e. The molecule has 4 aromatic rings. The van der Waals surface area contributed by atoms with Crippen LogP contribution in [0.25, 0.3) is 22.4 Å². The van der Waals surface area contributed by atoms with Crippen LogP contribution in [0.5, 0.6) is 11.5 Å². The molecule has 152 valence electrons. The summed E-state index contributed by atoms with van der Waals surface area (Å²) in [5, 5.41) is 4.41. The topological polar surface area (TPSA) is 65.7 Å². The molecule has 2 heterocycles. The largest absolute Gasteiger partial charge is 0.494 e. The molecule has 0 bridgehead atoms. The summed E-state index contributed by atoms with van der Waals surface area (Å²) in [5.74, 6) is 2.02. The van der Waals surface area contributed by atoms with E-state index in [9.17, 15) is 4.79 Å². The molecule has 6 nitrogen and oxygen atoms in total. The van der Waals surface area contributed by atoms with E-state index in [1.807, 2.05) is 48.5 Å². The Balaban J connectivity index is 1.66. The van der Waals surface area contributed by atoms with Gasteiger partial charge in [-0.3, -0.25) is 4.79 Å². The van der Waals surface area contributed by atoms with E-state index >= 15 is 0 Å². The van der Waals surface area contributed by atoms with Crippen LogP contribution in [-0.4, -0.2) is 27.8 Å². The van der Waals surface area contributed by atoms with E-state index in [2.05, 4.69) is 23.6 Å². The van der Waals surface area contributed by atoms with E-state index < -0.39 is 0 Å². The molecule has 0 amide bonds. The van der Waals surface area contributed by atoms with Gasteiger partial charge in [0.25, 0.3) is 5.56 Å². The summed E-state index contributed by atoms with van der Waals surface area (Å²) in [5.41, 5.74) is 1.46. The predicted octanol–water partition coefficient (Wildman–Crippen LogP) is 3.72. The number of nitrogens with zero attached hydrogens (tertiary/aromatic N) is 3. The molecule has 0 radical (unpaired) electrons. The Labute approximate surface area is 177 Å². The molecule has 0 spiro atoms. The second-order valence-electron chi connectivity index (χ2n) is 6.56. The third-order valence-electron chi connectivity index (χ3n) is 4.33. The Morgan fingerprint density at radius 3 is 2.67 bits per heavy atom. The summed E-state index contributed by atoms with van der Waals surface area (Å²) in [4.78, 5) is 17.9. The number of aromatic nitrogens is 3. The van der Waals surface area contributed by atoms with Crippen molar-refractivity contribution >= 4 is 22.4 Å². The summed E-state index contributed by atoms with van der Waals surface area (Å²) >= 11 is 1.30. The highest BCUT2D eigenvalue weighted by atomic mass is 32.1. The lowest BCUT2D eigenvalue weighted by Crippen LogP contribution is -2.23. The Morgan fingerprint density at radius 2 is 1.93 bits per heavy atom. The van der Waals surface area contributed by atoms with Crippen LogP contribution in [0.15, 0.2) is 66.0 Å². The van der Waals surface area contributed by atoms with Gasteiger partial charge in [-0.25, -0.2) is 0 Å². The fourth-order valence-corrected chi connectivity index (χ4v) is 3.80. The number of hydrogen-bond donors (Lipinski definition) is 0. The summed E-state index contributed by atoms with van der Waals surface area (Å²) in [6.45, 7) is 6.81. The molecule has 2 aromatic carbocycles. The van der Waals surface area contributed by atoms with Gasteiger partial charge in [-0.2, -0.15) is 9.50 Å². The molecule has 0 aliphatic carbocycles. The minimum absolute atomic E-state index is 0.199. The number of ether oxygens (including phenoxy) is 2. The van der Waals surface area contributed by atoms with E-state index in [0.717, 1.165) is 23.3 Å². The normalized spacial score (nSPS) is 11.7. The van der Waals surface area contributed by atoms with E-state index in [-0.39, 0.29) is 5.56 Å². The van der Waals surface area contributed by atoms with Gasteiger partial charge in [-0.15, -0.1) is 5.10 Å². The lowest BCUT2D eigenvalue weighted by molar-refractivity contribution is 0.317. The molecule has 30 heavy (non-hydrogen) atoms. The van der Waals surface area contributed by atoms with Crippen molar-refractivity contribution in [3.05, 3.63) is 81.6 Å². The van der Waals surface area contributed by atoms with Crippen LogP contribution in [0.1, 0.15) is 18.9 Å². The highest BCUT2D eigenvalue weighted by Gasteiger charge is 2.12. The number of thiazole rings is 1. The van der Waals surface area contributed by atoms with E-state index in [1.165, 1.54) is 15.9 Å². The van der Waals surface area contributed by atoms with Crippen LogP contribution in [0.3, 0.4) is 0 Å². The quantitative estimate of drug-likeness (QED) is 0.407. The zero-order valence-electron chi connectivity index (χ0n) is 16.6. The molecular weight excluding hydrogens is 398 g/mol. The molecule has 7 heteroatoms. The Bertz CT molecular complexity index is 1280. The van der Waals surface area contributed by atoms with Gasteiger partial charge >= 0.3 is 0 Å². The molecule has 0 aliphatic rings. The Kier molecular flexibility index (Phi) is 5.90. The number of rotatable bonds is 8. The maximum atomic E-state index is 12.8. The standard InChI is InChI=1S/C23H21N3O3S/c1-3-13-28-18-11-9-16(10-12-18)21-24-23-26(25-21)22(27)20(30-23)15-17-7-5-6-8-19(17)29-14-4-2/h4-12,15H,2-3,13-14H2,1H3. The average molecular weight is 420 g/mol. The van der Waals surface area contributed by atoms with Crippen molar-refractivity contribution in [1.82, 2.24) is 14.6 Å². The molecule has 0 N–H and O–H groups in total. The fourth-order valence-electron chi connectivity index (χ4n) is 2.90. The third-order valence-corrected chi connectivity index (χ3v) is 5.29. The van der Waals surface area contributed by atoms with Crippen molar-refractivity contribution in [2.24, 2.45) is 0 Å². The predicted molar refractivity (Wildman–Crippen MR) is 119 cm³/mol. The van der Waals surface area contributed by atoms with Gasteiger partial charge in [0.1, 0.15) is 18.1 Å². The van der Waals surface area contributed by atoms with Crippen LogP contribution >= 0.6 is 11.3 Å². The summed E-state index contributed by atoms with van der Waals surface area (Å²) in [6, 6.07) is 15.1. The zero-order valence-corrected chi connectivity index (χ0v) is 17.4. The molecule has 0 atom stereocenters. The summed E-state index contributed by atoms with van der Waals surface area (Å²) in [6.07, 6.45) is 4.45. The lowest BCUT2D eigenvalue weighted by atomic mass is 10.2. The third kappa shape index (κ3) is 4.11. The SMILES string of the molecule is C=CCOc1ccccc1C=c1sc2nc(-c3ccc(OCCC)cc3)nn2c1=O. The van der Waals surface area contributed by atoms with E-state index in [4.69, 9.17) is 9.47 Å². The monoisotopic (exact) mass is 419 g/mol. The minimum atomic E-state index is -0.199. The first-order chi connectivity index (χ1) is 14.7. The molecule has 0 aliphatic heterocycles. The van der Waals surface area contributed by atoms with Gasteiger partial charge in [0.05, 0.1) is 11.1 Å². The Hall–Kier alpha value is -3.45. The average Bonchev–Trinajstić information content (AvgIpc) is 3.31. The van der Waals surface area contributed by atoms with Crippen LogP contribution < -0.4 is 19.6 Å². The van der Waals surface area contributed by atoms with Crippen molar-refractivity contribution in [2.45, 2.75) is 13.3 Å². The molecule has 0 fully saturated rings. The molecule has 0 saturated carbocycles. The smallest absolute Gasteiger partial charge is 0.291 e. The maximum Gasteiger partial charge on any atom is 0.291 e. The maximum absolute atomic E-state index is 12.8. The van der Waals surface area contributed by atoms with Gasteiger partial charge < -0.3 is 9.47 Å². The lowest BCUT2D eigenvalue weighted by Gasteiger charge is -2.05. The summed E-state index contributed by atoms with van der Waals surface area (Å²) in [7, 11) is 0. The van der Waals surface area contributed by atoms with Crippen molar-refractivity contribution in [1.29, 1.82) is 0 Å². The van der Waals surface area contributed by atoms with E-state index in [0.29, 0.717) is 34.3 Å². The van der Waals surface area contributed by atoms with Crippen molar-refractivity contribution in [3.63, 3.8) is 0 Å². The van der Waals surface area contributed by atoms with Gasteiger partial charge in [0.15, 0.2) is 5.82 Å². The molecular formula is C23H21N3O3S. The zero-order chi connectivity index (χ0) is 20.9. The van der Waals surface area contributed by atoms with Crippen LogP contribution in [0, 0.1) is 0 Å².